The van der Waals surface area contributed by atoms with E-state index < -0.39 is 10.0 Å². The molecule has 0 spiro atoms. The summed E-state index contributed by atoms with van der Waals surface area (Å²) < 4.78 is 28.4. The average molecular weight is 449 g/mol. The minimum atomic E-state index is -3.53. The van der Waals surface area contributed by atoms with Crippen LogP contribution in [-0.2, 0) is 10.0 Å². The van der Waals surface area contributed by atoms with Crippen LogP contribution in [0.5, 0.6) is 0 Å². The van der Waals surface area contributed by atoms with Crippen molar-refractivity contribution in [3.63, 3.8) is 0 Å². The molecule has 1 aliphatic heterocycles. The van der Waals surface area contributed by atoms with Crippen molar-refractivity contribution >= 4 is 54.6 Å². The number of nitrogens with one attached hydrogen (secondary N) is 1. The number of carbonyl (C=O) groups excluding carboxylic acids is 1. The van der Waals surface area contributed by atoms with Crippen molar-refractivity contribution in [3.8, 4) is 0 Å². The molecule has 4 rings (SSSR count). The number of anilines is 1. The van der Waals surface area contributed by atoms with Gasteiger partial charge >= 0.3 is 0 Å². The fourth-order valence-corrected chi connectivity index (χ4v) is 6.73. The molecule has 0 aliphatic carbocycles. The lowest BCUT2D eigenvalue weighted by atomic mass is 10.1. The largest absolute Gasteiger partial charge is 0.321 e. The van der Waals surface area contributed by atoms with Gasteiger partial charge in [-0.05, 0) is 50.1 Å². The van der Waals surface area contributed by atoms with E-state index in [1.807, 2.05) is 31.2 Å². The van der Waals surface area contributed by atoms with Crippen molar-refractivity contribution < 1.29 is 13.2 Å². The number of sulfonamides is 1. The first kappa shape index (κ1) is 20.3. The molecule has 0 radical (unpaired) electrons. The highest BCUT2D eigenvalue weighted by Crippen LogP contribution is 2.35. The number of carbonyl (C=O) groups is 1. The summed E-state index contributed by atoms with van der Waals surface area (Å²) in [6.07, 6.45) is 2.81. The standard InChI is InChI=1S/C21H21ClN2O3S2/c1-14-6-4-5-13-24(14)29(26,27)16-11-9-15(10-12-16)23-21(25)20-19(22)17-7-2-3-8-18(17)28-20/h2-3,7-12,14H,4-6,13H2,1H3,(H,23,25). The van der Waals surface area contributed by atoms with Gasteiger partial charge in [0, 0.05) is 28.4 Å². The normalized spacial score (nSPS) is 18.1. The maximum atomic E-state index is 12.9. The lowest BCUT2D eigenvalue weighted by molar-refractivity contribution is 0.103. The predicted octanol–water partition coefficient (Wildman–Crippen LogP) is 5.37. The Bertz CT molecular complexity index is 1160. The Balaban J connectivity index is 1.53. The van der Waals surface area contributed by atoms with Crippen LogP contribution in [0.1, 0.15) is 35.9 Å². The number of piperidine rings is 1. The van der Waals surface area contributed by atoms with Gasteiger partial charge in [0.15, 0.2) is 0 Å². The van der Waals surface area contributed by atoms with Crippen LogP contribution >= 0.6 is 22.9 Å². The zero-order chi connectivity index (χ0) is 20.6. The minimum absolute atomic E-state index is 0.00299. The SMILES string of the molecule is CC1CCCCN1S(=O)(=O)c1ccc(NC(=O)c2sc3ccccc3c2Cl)cc1. The number of nitrogens with zero attached hydrogens (tertiary/aromatic N) is 1. The molecule has 1 atom stereocenters. The average Bonchev–Trinajstić information content (AvgIpc) is 3.06. The highest BCUT2D eigenvalue weighted by Gasteiger charge is 2.30. The lowest BCUT2D eigenvalue weighted by Gasteiger charge is -2.32. The second-order valence-electron chi connectivity index (χ2n) is 7.18. The molecule has 0 saturated carbocycles. The summed E-state index contributed by atoms with van der Waals surface area (Å²) in [5.41, 5.74) is 0.522. The molecular formula is C21H21ClN2O3S2. The van der Waals surface area contributed by atoms with Crippen LogP contribution in [0, 0.1) is 0 Å². The van der Waals surface area contributed by atoms with Crippen LogP contribution in [0.4, 0.5) is 5.69 Å². The van der Waals surface area contributed by atoms with Crippen molar-refractivity contribution in [3.05, 3.63) is 58.4 Å². The molecule has 1 amide bonds. The van der Waals surface area contributed by atoms with Gasteiger partial charge in [-0.15, -0.1) is 11.3 Å². The van der Waals surface area contributed by atoms with Crippen molar-refractivity contribution in [2.24, 2.45) is 0 Å². The van der Waals surface area contributed by atoms with Gasteiger partial charge in [-0.3, -0.25) is 4.79 Å². The number of amides is 1. The highest BCUT2D eigenvalue weighted by molar-refractivity contribution is 7.89. The Labute approximate surface area is 179 Å². The van der Waals surface area contributed by atoms with Crippen molar-refractivity contribution in [2.45, 2.75) is 37.1 Å². The molecule has 0 bridgehead atoms. The molecule has 5 nitrogen and oxygen atoms in total. The molecule has 152 valence electrons. The molecule has 1 aliphatic rings. The first-order chi connectivity index (χ1) is 13.9. The van der Waals surface area contributed by atoms with Crippen molar-refractivity contribution in [1.82, 2.24) is 4.31 Å². The molecule has 1 fully saturated rings. The zero-order valence-electron chi connectivity index (χ0n) is 15.9. The second-order valence-corrected chi connectivity index (χ2v) is 10.5. The van der Waals surface area contributed by atoms with Crippen molar-refractivity contribution in [2.75, 3.05) is 11.9 Å². The van der Waals surface area contributed by atoms with E-state index in [0.29, 0.717) is 22.1 Å². The van der Waals surface area contributed by atoms with Gasteiger partial charge in [0.2, 0.25) is 10.0 Å². The van der Waals surface area contributed by atoms with Gasteiger partial charge in [0.1, 0.15) is 4.88 Å². The third-order valence-electron chi connectivity index (χ3n) is 5.20. The molecule has 29 heavy (non-hydrogen) atoms. The van der Waals surface area contributed by atoms with Gasteiger partial charge in [-0.25, -0.2) is 8.42 Å². The number of halogens is 1. The van der Waals surface area contributed by atoms with E-state index in [1.165, 1.54) is 11.3 Å². The second kappa shape index (κ2) is 8.07. The first-order valence-corrected chi connectivity index (χ1v) is 12.1. The van der Waals surface area contributed by atoms with Gasteiger partial charge in [-0.1, -0.05) is 36.2 Å². The number of benzene rings is 2. The molecule has 2 aromatic carbocycles. The van der Waals surface area contributed by atoms with E-state index in [4.69, 9.17) is 11.6 Å². The molecule has 1 N–H and O–H groups in total. The van der Waals surface area contributed by atoms with E-state index >= 15 is 0 Å². The van der Waals surface area contributed by atoms with Crippen LogP contribution in [0.25, 0.3) is 10.1 Å². The zero-order valence-corrected chi connectivity index (χ0v) is 18.3. The summed E-state index contributed by atoms with van der Waals surface area (Å²) >= 11 is 7.70. The molecule has 1 saturated heterocycles. The molecule has 2 heterocycles. The fraction of sp³-hybridized carbons (Fsp3) is 0.286. The van der Waals surface area contributed by atoms with Gasteiger partial charge in [0.25, 0.3) is 5.91 Å². The highest BCUT2D eigenvalue weighted by atomic mass is 35.5. The summed E-state index contributed by atoms with van der Waals surface area (Å²) in [5.74, 6) is -0.309. The molecular weight excluding hydrogens is 428 g/mol. The third kappa shape index (κ3) is 3.92. The number of thiophene rings is 1. The third-order valence-corrected chi connectivity index (χ3v) is 8.90. The van der Waals surface area contributed by atoms with Gasteiger partial charge < -0.3 is 5.32 Å². The summed E-state index contributed by atoms with van der Waals surface area (Å²) in [5, 5.41) is 4.09. The smallest absolute Gasteiger partial charge is 0.267 e. The van der Waals surface area contributed by atoms with Crippen molar-refractivity contribution in [1.29, 1.82) is 0 Å². The Morgan fingerprint density at radius 2 is 1.86 bits per heavy atom. The summed E-state index contributed by atoms with van der Waals surface area (Å²) in [6.45, 7) is 2.49. The lowest BCUT2D eigenvalue weighted by Crippen LogP contribution is -2.41. The Morgan fingerprint density at radius 3 is 2.55 bits per heavy atom. The topological polar surface area (TPSA) is 66.5 Å². The molecule has 1 unspecified atom stereocenters. The van der Waals surface area contributed by atoms with Crippen LogP contribution in [-0.4, -0.2) is 31.2 Å². The Morgan fingerprint density at radius 1 is 1.14 bits per heavy atom. The van der Waals surface area contributed by atoms with Crippen LogP contribution in [0.2, 0.25) is 5.02 Å². The summed E-state index contributed by atoms with van der Waals surface area (Å²) in [6, 6.07) is 13.9. The summed E-state index contributed by atoms with van der Waals surface area (Å²) in [4.78, 5) is 13.3. The quantitative estimate of drug-likeness (QED) is 0.583. The Kier molecular flexibility index (Phi) is 5.66. The van der Waals surface area contributed by atoms with E-state index in [1.54, 1.807) is 28.6 Å². The van der Waals surface area contributed by atoms with E-state index in [2.05, 4.69) is 5.32 Å². The van der Waals surface area contributed by atoms with Gasteiger partial charge in [0.05, 0.1) is 9.92 Å². The van der Waals surface area contributed by atoms with E-state index in [9.17, 15) is 13.2 Å². The molecule has 1 aromatic heterocycles. The summed E-state index contributed by atoms with van der Waals surface area (Å²) in [7, 11) is -3.53. The maximum Gasteiger partial charge on any atom is 0.267 e. The first-order valence-electron chi connectivity index (χ1n) is 9.48. The Hall–Kier alpha value is -1.93. The number of fused-ring (bicyclic) bond motifs is 1. The molecule has 8 heteroatoms. The number of rotatable bonds is 4. The number of hydrogen-bond donors (Lipinski definition) is 1. The van der Waals surface area contributed by atoms with Crippen LogP contribution < -0.4 is 5.32 Å². The molecule has 3 aromatic rings. The predicted molar refractivity (Wildman–Crippen MR) is 118 cm³/mol. The number of hydrogen-bond acceptors (Lipinski definition) is 4. The minimum Gasteiger partial charge on any atom is -0.321 e. The maximum absolute atomic E-state index is 12.9. The van der Waals surface area contributed by atoms with E-state index in [0.717, 1.165) is 29.3 Å². The monoisotopic (exact) mass is 448 g/mol. The fourth-order valence-electron chi connectivity index (χ4n) is 3.62. The van der Waals surface area contributed by atoms with Gasteiger partial charge in [-0.2, -0.15) is 4.31 Å². The van der Waals surface area contributed by atoms with Crippen LogP contribution in [0.15, 0.2) is 53.4 Å². The van der Waals surface area contributed by atoms with Crippen LogP contribution in [0.3, 0.4) is 0 Å². The van der Waals surface area contributed by atoms with E-state index in [-0.39, 0.29) is 16.8 Å².